The lowest BCUT2D eigenvalue weighted by molar-refractivity contribution is -0.385. The van der Waals surface area contributed by atoms with E-state index < -0.39 is 16.9 Å². The number of hydrogen-bond acceptors (Lipinski definition) is 5. The molecule has 7 heteroatoms. The molecule has 16 heavy (non-hydrogen) atoms. The second-order valence-corrected chi connectivity index (χ2v) is 3.32. The molecule has 1 aromatic heterocycles. The van der Waals surface area contributed by atoms with Crippen LogP contribution in [-0.2, 0) is 4.79 Å². The largest absolute Gasteiger partial charge is 0.480 e. The van der Waals surface area contributed by atoms with Crippen molar-refractivity contribution in [1.82, 2.24) is 4.98 Å². The van der Waals surface area contributed by atoms with Crippen molar-refractivity contribution in [3.63, 3.8) is 0 Å². The summed E-state index contributed by atoms with van der Waals surface area (Å²) in [6.45, 7) is 3.02. The molecule has 0 aromatic carbocycles. The van der Waals surface area contributed by atoms with Gasteiger partial charge in [-0.1, -0.05) is 0 Å². The Bertz CT molecular complexity index is 433. The first-order chi connectivity index (χ1) is 7.41. The number of pyridine rings is 1. The number of carboxylic acids is 1. The van der Waals surface area contributed by atoms with Crippen LogP contribution in [0.25, 0.3) is 0 Å². The molecule has 0 aliphatic rings. The predicted molar refractivity (Wildman–Crippen MR) is 56.3 cm³/mol. The number of aliphatic carboxylic acids is 1. The summed E-state index contributed by atoms with van der Waals surface area (Å²) in [5.41, 5.74) is 0.341. The summed E-state index contributed by atoms with van der Waals surface area (Å²) >= 11 is 0. The number of hydrogen-bond donors (Lipinski definition) is 2. The van der Waals surface area contributed by atoms with Crippen molar-refractivity contribution >= 4 is 17.5 Å². The van der Waals surface area contributed by atoms with E-state index in [2.05, 4.69) is 10.3 Å². The Balaban J connectivity index is 2.89. The van der Waals surface area contributed by atoms with Crippen molar-refractivity contribution in [2.45, 2.75) is 19.9 Å². The molecule has 86 valence electrons. The average molecular weight is 225 g/mol. The van der Waals surface area contributed by atoms with E-state index in [9.17, 15) is 14.9 Å². The van der Waals surface area contributed by atoms with Gasteiger partial charge in [0, 0.05) is 5.56 Å². The van der Waals surface area contributed by atoms with Gasteiger partial charge in [-0.25, -0.2) is 4.98 Å². The molecule has 0 aliphatic heterocycles. The Hall–Kier alpha value is -2.18. The van der Waals surface area contributed by atoms with Crippen molar-refractivity contribution in [3.05, 3.63) is 27.9 Å². The van der Waals surface area contributed by atoms with E-state index in [-0.39, 0.29) is 5.69 Å². The minimum absolute atomic E-state index is 0.0893. The van der Waals surface area contributed by atoms with Crippen LogP contribution in [0.5, 0.6) is 0 Å². The highest BCUT2D eigenvalue weighted by molar-refractivity contribution is 5.76. The van der Waals surface area contributed by atoms with Crippen LogP contribution in [0.1, 0.15) is 12.5 Å². The number of carboxylic acid groups (broad SMARTS) is 1. The predicted octanol–water partition coefficient (Wildman–Crippen LogP) is 1.18. The van der Waals surface area contributed by atoms with E-state index >= 15 is 0 Å². The van der Waals surface area contributed by atoms with Crippen LogP contribution in [0.2, 0.25) is 0 Å². The standard InChI is InChI=1S/C9H11N3O4/c1-5-3-8(11-6(2)9(13)14)10-4-7(5)12(15)16/h3-4,6H,1-2H3,(H,10,11)(H,13,14)/t6-/m0/s1. The monoisotopic (exact) mass is 225 g/mol. The lowest BCUT2D eigenvalue weighted by Gasteiger charge is -2.09. The molecule has 0 radical (unpaired) electrons. The van der Waals surface area contributed by atoms with Crippen molar-refractivity contribution in [2.75, 3.05) is 5.32 Å². The summed E-state index contributed by atoms with van der Waals surface area (Å²) in [5, 5.41) is 21.8. The lowest BCUT2D eigenvalue weighted by Crippen LogP contribution is -2.25. The Morgan fingerprint density at radius 3 is 2.75 bits per heavy atom. The molecule has 0 unspecified atom stereocenters. The normalized spacial score (nSPS) is 11.9. The van der Waals surface area contributed by atoms with Gasteiger partial charge in [-0.15, -0.1) is 0 Å². The van der Waals surface area contributed by atoms with Gasteiger partial charge in [0.15, 0.2) is 0 Å². The molecule has 0 saturated carbocycles. The first-order valence-corrected chi connectivity index (χ1v) is 4.52. The van der Waals surface area contributed by atoms with Gasteiger partial charge in [0.1, 0.15) is 18.1 Å². The van der Waals surface area contributed by atoms with E-state index in [4.69, 9.17) is 5.11 Å². The van der Waals surface area contributed by atoms with E-state index in [0.717, 1.165) is 6.20 Å². The van der Waals surface area contributed by atoms with Crippen molar-refractivity contribution in [1.29, 1.82) is 0 Å². The van der Waals surface area contributed by atoms with Crippen LogP contribution in [0.3, 0.4) is 0 Å². The molecule has 0 bridgehead atoms. The fourth-order valence-corrected chi connectivity index (χ4v) is 1.10. The van der Waals surface area contributed by atoms with Crippen LogP contribution < -0.4 is 5.32 Å². The number of rotatable bonds is 4. The minimum Gasteiger partial charge on any atom is -0.480 e. The molecule has 0 amide bonds. The Kier molecular flexibility index (Phi) is 3.39. The number of nitrogens with zero attached hydrogens (tertiary/aromatic N) is 2. The van der Waals surface area contributed by atoms with Crippen molar-refractivity contribution in [2.24, 2.45) is 0 Å². The fourth-order valence-electron chi connectivity index (χ4n) is 1.10. The number of aryl methyl sites for hydroxylation is 1. The first kappa shape index (κ1) is 11.9. The molecule has 0 saturated heterocycles. The highest BCUT2D eigenvalue weighted by atomic mass is 16.6. The van der Waals surface area contributed by atoms with E-state index in [1.54, 1.807) is 6.92 Å². The Morgan fingerprint density at radius 1 is 1.69 bits per heavy atom. The zero-order valence-corrected chi connectivity index (χ0v) is 8.80. The molecular weight excluding hydrogens is 214 g/mol. The van der Waals surface area contributed by atoms with Crippen molar-refractivity contribution in [3.8, 4) is 0 Å². The summed E-state index contributed by atoms with van der Waals surface area (Å²) in [4.78, 5) is 24.3. The van der Waals surface area contributed by atoms with Crippen molar-refractivity contribution < 1.29 is 14.8 Å². The fraction of sp³-hybridized carbons (Fsp3) is 0.333. The molecule has 0 spiro atoms. The third-order valence-corrected chi connectivity index (χ3v) is 2.01. The van der Waals surface area contributed by atoms with E-state index in [0.29, 0.717) is 11.4 Å². The summed E-state index contributed by atoms with van der Waals surface area (Å²) in [7, 11) is 0. The molecule has 1 heterocycles. The maximum absolute atomic E-state index is 10.6. The zero-order valence-electron chi connectivity index (χ0n) is 8.80. The summed E-state index contributed by atoms with van der Waals surface area (Å²) < 4.78 is 0. The van der Waals surface area contributed by atoms with Gasteiger partial charge >= 0.3 is 5.97 Å². The summed E-state index contributed by atoms with van der Waals surface area (Å²) in [5.74, 6) is -0.712. The summed E-state index contributed by atoms with van der Waals surface area (Å²) in [6, 6.07) is 0.644. The number of aromatic nitrogens is 1. The summed E-state index contributed by atoms with van der Waals surface area (Å²) in [6.07, 6.45) is 1.10. The molecule has 7 nitrogen and oxygen atoms in total. The zero-order chi connectivity index (χ0) is 12.3. The molecule has 1 rings (SSSR count). The van der Waals surface area contributed by atoms with Gasteiger partial charge in [0.05, 0.1) is 4.92 Å². The third-order valence-electron chi connectivity index (χ3n) is 2.01. The second kappa shape index (κ2) is 4.56. The van der Waals surface area contributed by atoms with E-state index in [1.807, 2.05) is 0 Å². The van der Waals surface area contributed by atoms with Gasteiger partial charge in [-0.05, 0) is 19.9 Å². The quantitative estimate of drug-likeness (QED) is 0.588. The van der Waals surface area contributed by atoms with Crippen LogP contribution in [0, 0.1) is 17.0 Å². The third kappa shape index (κ3) is 2.66. The van der Waals surface area contributed by atoms with Gasteiger partial charge in [-0.3, -0.25) is 14.9 Å². The minimum atomic E-state index is -1.02. The average Bonchev–Trinajstić information content (AvgIpc) is 2.16. The van der Waals surface area contributed by atoms with Crippen LogP contribution >= 0.6 is 0 Å². The number of anilines is 1. The van der Waals surface area contributed by atoms with Gasteiger partial charge in [0.2, 0.25) is 0 Å². The van der Waals surface area contributed by atoms with Gasteiger partial charge in [0.25, 0.3) is 5.69 Å². The van der Waals surface area contributed by atoms with Crippen LogP contribution in [-0.4, -0.2) is 27.0 Å². The topological polar surface area (TPSA) is 105 Å². The first-order valence-electron chi connectivity index (χ1n) is 4.52. The molecule has 2 N–H and O–H groups in total. The molecule has 0 aliphatic carbocycles. The maximum atomic E-state index is 10.6. The second-order valence-electron chi connectivity index (χ2n) is 3.32. The highest BCUT2D eigenvalue weighted by Crippen LogP contribution is 2.19. The molecule has 0 fully saturated rings. The van der Waals surface area contributed by atoms with Crippen LogP contribution in [0.15, 0.2) is 12.3 Å². The van der Waals surface area contributed by atoms with Crippen LogP contribution in [0.4, 0.5) is 11.5 Å². The number of nitrogens with one attached hydrogen (secondary N) is 1. The van der Waals surface area contributed by atoms with Gasteiger partial charge in [-0.2, -0.15) is 0 Å². The highest BCUT2D eigenvalue weighted by Gasteiger charge is 2.14. The molecule has 1 aromatic rings. The van der Waals surface area contributed by atoms with E-state index in [1.165, 1.54) is 13.0 Å². The maximum Gasteiger partial charge on any atom is 0.325 e. The smallest absolute Gasteiger partial charge is 0.325 e. The lowest BCUT2D eigenvalue weighted by atomic mass is 10.2. The number of carbonyl (C=O) groups is 1. The SMILES string of the molecule is Cc1cc(N[C@@H](C)C(=O)O)ncc1[N+](=O)[O-]. The molecule has 1 atom stereocenters. The molecular formula is C9H11N3O4. The number of nitro groups is 1. The Morgan fingerprint density at radius 2 is 2.31 bits per heavy atom. The Labute approximate surface area is 91.3 Å². The van der Waals surface area contributed by atoms with Gasteiger partial charge < -0.3 is 10.4 Å².